The molecule has 118 valence electrons. The van der Waals surface area contributed by atoms with Gasteiger partial charge in [-0.1, -0.05) is 18.2 Å². The van der Waals surface area contributed by atoms with E-state index in [-0.39, 0.29) is 17.2 Å². The average Bonchev–Trinajstić information content (AvgIpc) is 2.94. The lowest BCUT2D eigenvalue weighted by Gasteiger charge is -2.09. The molecule has 2 heterocycles. The zero-order valence-electron chi connectivity index (χ0n) is 13.2. The Bertz CT molecular complexity index is 955. The molecule has 3 rings (SSSR count). The maximum atomic E-state index is 12.1. The number of nitrogens with one attached hydrogen (secondary N) is 2. The molecule has 0 spiro atoms. The molecule has 0 aliphatic carbocycles. The Hall–Kier alpha value is -2.96. The lowest BCUT2D eigenvalue weighted by molar-refractivity contribution is 0.102. The van der Waals surface area contributed by atoms with Crippen molar-refractivity contribution in [2.45, 2.75) is 20.3 Å². The summed E-state index contributed by atoms with van der Waals surface area (Å²) in [6.07, 6.45) is 2.22. The van der Waals surface area contributed by atoms with Crippen molar-refractivity contribution < 1.29 is 4.79 Å². The van der Waals surface area contributed by atoms with E-state index in [0.717, 1.165) is 16.5 Å². The Morgan fingerprint density at radius 2 is 2.17 bits per heavy atom. The molecule has 2 N–H and O–H groups in total. The van der Waals surface area contributed by atoms with Crippen LogP contribution in [0.15, 0.2) is 29.2 Å². The number of benzene rings is 1. The summed E-state index contributed by atoms with van der Waals surface area (Å²) in [6.45, 7) is 3.90. The molecule has 0 aliphatic heterocycles. The van der Waals surface area contributed by atoms with Crippen molar-refractivity contribution in [1.29, 1.82) is 0 Å². The first-order chi connectivity index (χ1) is 11.0. The zero-order chi connectivity index (χ0) is 16.6. The van der Waals surface area contributed by atoms with Crippen LogP contribution in [-0.2, 0) is 13.5 Å². The van der Waals surface area contributed by atoms with Crippen molar-refractivity contribution in [2.24, 2.45) is 7.05 Å². The van der Waals surface area contributed by atoms with E-state index in [1.54, 1.807) is 19.2 Å². The van der Waals surface area contributed by atoms with Crippen molar-refractivity contribution in [3.63, 3.8) is 0 Å². The van der Waals surface area contributed by atoms with Gasteiger partial charge >= 0.3 is 0 Å². The van der Waals surface area contributed by atoms with E-state index in [1.807, 2.05) is 19.9 Å². The van der Waals surface area contributed by atoms with Crippen LogP contribution in [0.5, 0.6) is 0 Å². The number of aromatic amines is 1. The van der Waals surface area contributed by atoms with Gasteiger partial charge in [-0.25, -0.2) is 0 Å². The van der Waals surface area contributed by atoms with E-state index in [2.05, 4.69) is 20.6 Å². The average molecular weight is 311 g/mol. The van der Waals surface area contributed by atoms with E-state index in [0.29, 0.717) is 17.6 Å². The fourth-order valence-corrected chi connectivity index (χ4v) is 2.66. The number of nitrogens with zero attached hydrogens (tertiary/aromatic N) is 3. The van der Waals surface area contributed by atoms with Crippen LogP contribution in [0, 0.1) is 6.92 Å². The molecule has 0 saturated carbocycles. The molecule has 0 unspecified atom stereocenters. The Labute approximate surface area is 132 Å². The van der Waals surface area contributed by atoms with Gasteiger partial charge in [-0.05, 0) is 31.0 Å². The maximum absolute atomic E-state index is 12.1. The number of anilines is 1. The zero-order valence-corrected chi connectivity index (χ0v) is 13.2. The Kier molecular flexibility index (Phi) is 3.69. The summed E-state index contributed by atoms with van der Waals surface area (Å²) in [4.78, 5) is 27.0. The molecule has 0 fully saturated rings. The number of carbonyl (C=O) groups excluding carboxylic acids is 1. The topological polar surface area (TPSA) is 92.7 Å². The number of carbonyl (C=O) groups is 1. The number of hydrogen-bond donors (Lipinski definition) is 2. The summed E-state index contributed by atoms with van der Waals surface area (Å²) < 4.78 is 1.46. The Balaban J connectivity index is 1.97. The highest BCUT2D eigenvalue weighted by Gasteiger charge is 2.12. The molecular formula is C16H17N5O2. The SMILES string of the molecule is CCc1c(C)c2ccc(NC(=O)c3cn(C)nn3)cc2[nH]c1=O. The molecule has 0 aliphatic rings. The fraction of sp³-hybridized carbons (Fsp3) is 0.250. The van der Waals surface area contributed by atoms with Gasteiger partial charge in [0.05, 0.1) is 11.7 Å². The lowest BCUT2D eigenvalue weighted by Crippen LogP contribution is -2.15. The van der Waals surface area contributed by atoms with Crippen molar-refractivity contribution in [1.82, 2.24) is 20.0 Å². The second kappa shape index (κ2) is 5.68. The van der Waals surface area contributed by atoms with Crippen molar-refractivity contribution >= 4 is 22.5 Å². The number of H-pyrrole nitrogens is 1. The number of amides is 1. The number of aryl methyl sites for hydroxylation is 2. The van der Waals surface area contributed by atoms with Crippen molar-refractivity contribution in [2.75, 3.05) is 5.32 Å². The predicted molar refractivity (Wildman–Crippen MR) is 87.6 cm³/mol. The highest BCUT2D eigenvalue weighted by atomic mass is 16.2. The predicted octanol–water partition coefficient (Wildman–Crippen LogP) is 1.78. The monoisotopic (exact) mass is 311 g/mol. The fourth-order valence-electron chi connectivity index (χ4n) is 2.66. The molecule has 7 heteroatoms. The van der Waals surface area contributed by atoms with E-state index in [4.69, 9.17) is 0 Å². The van der Waals surface area contributed by atoms with Crippen LogP contribution in [0.4, 0.5) is 5.69 Å². The molecule has 0 atom stereocenters. The quantitative estimate of drug-likeness (QED) is 0.771. The van der Waals surface area contributed by atoms with E-state index >= 15 is 0 Å². The third-order valence-corrected chi connectivity index (χ3v) is 3.85. The molecule has 7 nitrogen and oxygen atoms in total. The maximum Gasteiger partial charge on any atom is 0.277 e. The van der Waals surface area contributed by atoms with Gasteiger partial charge < -0.3 is 10.3 Å². The summed E-state index contributed by atoms with van der Waals surface area (Å²) in [5.41, 5.74) is 3.19. The molecule has 2 aromatic heterocycles. The Morgan fingerprint density at radius 1 is 1.39 bits per heavy atom. The lowest BCUT2D eigenvalue weighted by atomic mass is 10.0. The minimum absolute atomic E-state index is 0.0881. The number of aromatic nitrogens is 4. The van der Waals surface area contributed by atoms with Crippen LogP contribution in [0.3, 0.4) is 0 Å². The van der Waals surface area contributed by atoms with E-state index in [9.17, 15) is 9.59 Å². The van der Waals surface area contributed by atoms with Gasteiger partial charge in [0.25, 0.3) is 11.5 Å². The van der Waals surface area contributed by atoms with Crippen LogP contribution >= 0.6 is 0 Å². The number of hydrogen-bond acceptors (Lipinski definition) is 4. The van der Waals surface area contributed by atoms with Crippen molar-refractivity contribution in [3.8, 4) is 0 Å². The van der Waals surface area contributed by atoms with Gasteiger partial charge in [0, 0.05) is 23.7 Å². The minimum Gasteiger partial charge on any atom is -0.322 e. The number of pyridine rings is 1. The second-order valence-corrected chi connectivity index (χ2v) is 5.40. The van der Waals surface area contributed by atoms with Crippen molar-refractivity contribution in [3.05, 3.63) is 51.6 Å². The molecular weight excluding hydrogens is 294 g/mol. The largest absolute Gasteiger partial charge is 0.322 e. The first kappa shape index (κ1) is 15.0. The number of fused-ring (bicyclic) bond motifs is 1. The third kappa shape index (κ3) is 2.73. The summed E-state index contributed by atoms with van der Waals surface area (Å²) in [5, 5.41) is 11.2. The summed E-state index contributed by atoms with van der Waals surface area (Å²) >= 11 is 0. The van der Waals surface area contributed by atoms with Crippen LogP contribution in [0.2, 0.25) is 0 Å². The third-order valence-electron chi connectivity index (χ3n) is 3.85. The van der Waals surface area contributed by atoms with Gasteiger partial charge in [-0.2, -0.15) is 0 Å². The Morgan fingerprint density at radius 3 is 2.83 bits per heavy atom. The minimum atomic E-state index is -0.346. The van der Waals surface area contributed by atoms with Gasteiger partial charge in [0.15, 0.2) is 5.69 Å². The first-order valence-corrected chi connectivity index (χ1v) is 7.32. The van der Waals surface area contributed by atoms with Gasteiger partial charge in [-0.15, -0.1) is 5.10 Å². The van der Waals surface area contributed by atoms with Gasteiger partial charge in [0.2, 0.25) is 0 Å². The molecule has 0 saturated heterocycles. The highest BCUT2D eigenvalue weighted by Crippen LogP contribution is 2.21. The molecule has 0 bridgehead atoms. The second-order valence-electron chi connectivity index (χ2n) is 5.40. The molecule has 3 aromatic rings. The molecule has 1 aromatic carbocycles. The normalized spacial score (nSPS) is 10.9. The molecule has 23 heavy (non-hydrogen) atoms. The summed E-state index contributed by atoms with van der Waals surface area (Å²) in [6, 6.07) is 5.45. The smallest absolute Gasteiger partial charge is 0.277 e. The van der Waals surface area contributed by atoms with Crippen LogP contribution in [0.25, 0.3) is 10.9 Å². The molecule has 0 radical (unpaired) electrons. The standard InChI is InChI=1S/C16H17N5O2/c1-4-11-9(2)12-6-5-10(7-13(12)18-15(11)22)17-16(23)14-8-21(3)20-19-14/h5-8H,4H2,1-3H3,(H,17,23)(H,18,22). The van der Waals surface area contributed by atoms with Crippen LogP contribution < -0.4 is 10.9 Å². The van der Waals surface area contributed by atoms with Gasteiger partial charge in [-0.3, -0.25) is 14.3 Å². The van der Waals surface area contributed by atoms with E-state index < -0.39 is 0 Å². The summed E-state index contributed by atoms with van der Waals surface area (Å²) in [7, 11) is 1.69. The van der Waals surface area contributed by atoms with Crippen LogP contribution in [-0.4, -0.2) is 25.9 Å². The van der Waals surface area contributed by atoms with Crippen LogP contribution in [0.1, 0.15) is 28.5 Å². The van der Waals surface area contributed by atoms with Gasteiger partial charge in [0.1, 0.15) is 0 Å². The number of rotatable bonds is 3. The molecule has 1 amide bonds. The summed E-state index contributed by atoms with van der Waals surface area (Å²) in [5.74, 6) is -0.346. The highest BCUT2D eigenvalue weighted by molar-refractivity contribution is 6.03. The van der Waals surface area contributed by atoms with E-state index in [1.165, 1.54) is 10.9 Å². The first-order valence-electron chi connectivity index (χ1n) is 7.32.